The van der Waals surface area contributed by atoms with Gasteiger partial charge in [-0.2, -0.15) is 0 Å². The van der Waals surface area contributed by atoms with Gasteiger partial charge in [-0.25, -0.2) is 4.39 Å². The van der Waals surface area contributed by atoms with Gasteiger partial charge in [0, 0.05) is 17.4 Å². The van der Waals surface area contributed by atoms with Gasteiger partial charge in [0.1, 0.15) is 11.6 Å². The predicted molar refractivity (Wildman–Crippen MR) is 75.8 cm³/mol. The summed E-state index contributed by atoms with van der Waals surface area (Å²) >= 11 is 5.90. The fraction of sp³-hybridized carbons (Fsp3) is 0.562. The molecule has 1 aromatic rings. The van der Waals surface area contributed by atoms with Crippen molar-refractivity contribution in [1.29, 1.82) is 0 Å². The minimum absolute atomic E-state index is 0.0471. The van der Waals surface area contributed by atoms with E-state index in [9.17, 15) is 9.18 Å². The van der Waals surface area contributed by atoms with E-state index in [0.29, 0.717) is 35.3 Å². The summed E-state index contributed by atoms with van der Waals surface area (Å²) in [6.07, 6.45) is 2.97. The third-order valence-corrected chi connectivity index (χ3v) is 4.46. The fourth-order valence-corrected chi connectivity index (χ4v) is 3.11. The van der Waals surface area contributed by atoms with Crippen LogP contribution in [-0.4, -0.2) is 5.78 Å². The first-order valence-corrected chi connectivity index (χ1v) is 7.31. The molecule has 0 spiro atoms. The number of carbonyl (C=O) groups excluding carboxylic acids is 1. The molecule has 0 aromatic heterocycles. The van der Waals surface area contributed by atoms with Gasteiger partial charge in [-0.15, -0.1) is 0 Å². The Balaban J connectivity index is 2.12. The number of benzene rings is 1. The van der Waals surface area contributed by atoms with Crippen LogP contribution in [0.2, 0.25) is 5.02 Å². The highest BCUT2D eigenvalue weighted by Gasteiger charge is 2.30. The summed E-state index contributed by atoms with van der Waals surface area (Å²) in [5.41, 5.74) is 0.565. The smallest absolute Gasteiger partial charge is 0.136 e. The topological polar surface area (TPSA) is 17.1 Å². The van der Waals surface area contributed by atoms with Gasteiger partial charge in [-0.05, 0) is 54.9 Å². The number of carbonyl (C=O) groups is 1. The highest BCUT2D eigenvalue weighted by atomic mass is 35.5. The molecule has 0 saturated heterocycles. The Labute approximate surface area is 119 Å². The van der Waals surface area contributed by atoms with E-state index < -0.39 is 0 Å². The molecule has 1 aromatic carbocycles. The lowest BCUT2D eigenvalue weighted by molar-refractivity contribution is -0.125. The molecular formula is C16H20ClFO. The maximum absolute atomic E-state index is 13.7. The molecule has 0 heterocycles. The van der Waals surface area contributed by atoms with Gasteiger partial charge < -0.3 is 0 Å². The van der Waals surface area contributed by atoms with Crippen molar-refractivity contribution in [3.05, 3.63) is 34.6 Å². The zero-order valence-corrected chi connectivity index (χ0v) is 12.2. The zero-order valence-electron chi connectivity index (χ0n) is 11.5. The number of hydrogen-bond acceptors (Lipinski definition) is 1. The second-order valence-electron chi connectivity index (χ2n) is 5.88. The van der Waals surface area contributed by atoms with Crippen LogP contribution in [0.3, 0.4) is 0 Å². The molecule has 0 aliphatic heterocycles. The normalized spacial score (nSPS) is 23.9. The molecule has 1 nitrogen and oxygen atoms in total. The van der Waals surface area contributed by atoms with Crippen molar-refractivity contribution >= 4 is 17.4 Å². The summed E-state index contributed by atoms with van der Waals surface area (Å²) < 4.78 is 13.7. The number of ketones is 1. The van der Waals surface area contributed by atoms with Crippen LogP contribution in [0.1, 0.15) is 38.7 Å². The molecular weight excluding hydrogens is 263 g/mol. The van der Waals surface area contributed by atoms with Gasteiger partial charge in [0.15, 0.2) is 0 Å². The van der Waals surface area contributed by atoms with Gasteiger partial charge in [-0.1, -0.05) is 25.4 Å². The van der Waals surface area contributed by atoms with Gasteiger partial charge in [0.05, 0.1) is 0 Å². The predicted octanol–water partition coefficient (Wildman–Crippen LogP) is 4.66. The Morgan fingerprint density at radius 1 is 1.42 bits per heavy atom. The van der Waals surface area contributed by atoms with Crippen LogP contribution < -0.4 is 0 Å². The summed E-state index contributed by atoms with van der Waals surface area (Å²) in [5.74, 6) is 1.12. The van der Waals surface area contributed by atoms with E-state index in [0.717, 1.165) is 12.8 Å². The van der Waals surface area contributed by atoms with Crippen LogP contribution in [0.4, 0.5) is 4.39 Å². The standard InChI is InChI=1S/C16H20ClFO/c1-10(2)11-3-6-16(19)13(7-11)8-12-9-14(17)4-5-15(12)18/h4-5,9-11,13H,3,6-8H2,1-2H3. The first-order valence-electron chi connectivity index (χ1n) is 6.94. The second kappa shape index (κ2) is 6.04. The average molecular weight is 283 g/mol. The molecule has 2 atom stereocenters. The summed E-state index contributed by atoms with van der Waals surface area (Å²) in [6, 6.07) is 4.56. The average Bonchev–Trinajstić information content (AvgIpc) is 2.36. The molecule has 0 N–H and O–H groups in total. The van der Waals surface area contributed by atoms with Crippen LogP contribution in [-0.2, 0) is 11.2 Å². The van der Waals surface area contributed by atoms with E-state index in [1.54, 1.807) is 12.1 Å². The molecule has 0 radical (unpaired) electrons. The van der Waals surface area contributed by atoms with Crippen LogP contribution in [0.5, 0.6) is 0 Å². The largest absolute Gasteiger partial charge is 0.299 e. The lowest BCUT2D eigenvalue weighted by Crippen LogP contribution is -2.29. The number of halogens is 2. The summed E-state index contributed by atoms with van der Waals surface area (Å²) in [7, 11) is 0. The quantitative estimate of drug-likeness (QED) is 0.788. The van der Waals surface area contributed by atoms with E-state index in [1.165, 1.54) is 6.07 Å². The van der Waals surface area contributed by atoms with Gasteiger partial charge >= 0.3 is 0 Å². The van der Waals surface area contributed by atoms with E-state index >= 15 is 0 Å². The maximum Gasteiger partial charge on any atom is 0.136 e. The van der Waals surface area contributed by atoms with Crippen LogP contribution in [0.15, 0.2) is 18.2 Å². The number of hydrogen-bond donors (Lipinski definition) is 0. The van der Waals surface area contributed by atoms with Gasteiger partial charge in [0.2, 0.25) is 0 Å². The lowest BCUT2D eigenvalue weighted by Gasteiger charge is -2.30. The molecule has 1 fully saturated rings. The number of rotatable bonds is 3. The Morgan fingerprint density at radius 2 is 2.16 bits per heavy atom. The van der Waals surface area contributed by atoms with E-state index in [1.807, 2.05) is 0 Å². The molecule has 0 amide bonds. The monoisotopic (exact) mass is 282 g/mol. The third-order valence-electron chi connectivity index (χ3n) is 4.22. The Morgan fingerprint density at radius 3 is 2.84 bits per heavy atom. The molecule has 3 heteroatoms. The molecule has 1 aliphatic carbocycles. The van der Waals surface area contributed by atoms with Crippen LogP contribution in [0.25, 0.3) is 0 Å². The van der Waals surface area contributed by atoms with Gasteiger partial charge in [0.25, 0.3) is 0 Å². The van der Waals surface area contributed by atoms with Crippen molar-refractivity contribution < 1.29 is 9.18 Å². The van der Waals surface area contributed by atoms with Crippen LogP contribution in [0, 0.1) is 23.6 Å². The van der Waals surface area contributed by atoms with E-state index in [2.05, 4.69) is 13.8 Å². The highest BCUT2D eigenvalue weighted by Crippen LogP contribution is 2.34. The Hall–Kier alpha value is -0.890. The third kappa shape index (κ3) is 3.56. The van der Waals surface area contributed by atoms with Crippen molar-refractivity contribution in [1.82, 2.24) is 0 Å². The van der Waals surface area contributed by atoms with Crippen molar-refractivity contribution in [2.75, 3.05) is 0 Å². The minimum Gasteiger partial charge on any atom is -0.299 e. The molecule has 2 rings (SSSR count). The minimum atomic E-state index is -0.260. The SMILES string of the molecule is CC(C)C1CCC(=O)C(Cc2cc(Cl)ccc2F)C1. The van der Waals surface area contributed by atoms with Crippen molar-refractivity contribution in [3.63, 3.8) is 0 Å². The van der Waals surface area contributed by atoms with E-state index in [4.69, 9.17) is 11.6 Å². The Bertz CT molecular complexity index is 470. The summed E-state index contributed by atoms with van der Waals surface area (Å²) in [6.45, 7) is 4.38. The Kier molecular flexibility index (Phi) is 4.62. The molecule has 1 aliphatic rings. The van der Waals surface area contributed by atoms with Crippen molar-refractivity contribution in [2.45, 2.75) is 39.5 Å². The molecule has 19 heavy (non-hydrogen) atoms. The van der Waals surface area contributed by atoms with Crippen LogP contribution >= 0.6 is 11.6 Å². The molecule has 104 valence electrons. The maximum atomic E-state index is 13.7. The number of Topliss-reactive ketones (excluding diaryl/α,β-unsaturated/α-hetero) is 1. The van der Waals surface area contributed by atoms with Gasteiger partial charge in [-0.3, -0.25) is 4.79 Å². The zero-order chi connectivity index (χ0) is 14.0. The van der Waals surface area contributed by atoms with Crippen molar-refractivity contribution in [2.24, 2.45) is 17.8 Å². The van der Waals surface area contributed by atoms with Crippen molar-refractivity contribution in [3.8, 4) is 0 Å². The second-order valence-corrected chi connectivity index (χ2v) is 6.32. The molecule has 0 bridgehead atoms. The lowest BCUT2D eigenvalue weighted by atomic mass is 9.73. The first kappa shape index (κ1) is 14.5. The fourth-order valence-electron chi connectivity index (χ4n) is 2.91. The summed E-state index contributed by atoms with van der Waals surface area (Å²) in [4.78, 5) is 12.0. The first-order chi connectivity index (χ1) is 8.97. The summed E-state index contributed by atoms with van der Waals surface area (Å²) in [5, 5.41) is 0.528. The van der Waals surface area contributed by atoms with E-state index in [-0.39, 0.29) is 17.5 Å². The molecule has 2 unspecified atom stereocenters. The molecule has 1 saturated carbocycles. The highest BCUT2D eigenvalue weighted by molar-refractivity contribution is 6.30.